The number of pyridine rings is 1. The van der Waals surface area contributed by atoms with E-state index in [1.165, 1.54) is 0 Å². The van der Waals surface area contributed by atoms with E-state index in [2.05, 4.69) is 83.3 Å². The van der Waals surface area contributed by atoms with Crippen LogP contribution in [0.15, 0.2) is 85.3 Å². The Hall–Kier alpha value is -3.21. The second-order valence-corrected chi connectivity index (χ2v) is 7.44. The maximum atomic E-state index is 11.9. The highest BCUT2D eigenvalue weighted by Gasteiger charge is 2.04. The maximum Gasteiger partial charge on any atom is 0.251 e. The molecule has 0 aromatic carbocycles. The van der Waals surface area contributed by atoms with Gasteiger partial charge in [0.15, 0.2) is 0 Å². The second-order valence-electron chi connectivity index (χ2n) is 7.44. The molecule has 0 atom stereocenters. The molecule has 0 unspecified atom stereocenters. The summed E-state index contributed by atoms with van der Waals surface area (Å²) in [5.74, 6) is -0.148. The molecule has 0 aliphatic carbocycles. The molecule has 0 bridgehead atoms. The second kappa shape index (κ2) is 20.7. The van der Waals surface area contributed by atoms with E-state index in [0.29, 0.717) is 25.1 Å². The fourth-order valence-corrected chi connectivity index (χ4v) is 2.82. The molecule has 0 spiro atoms. The van der Waals surface area contributed by atoms with Gasteiger partial charge in [-0.15, -0.1) is 0 Å². The molecule has 178 valence electrons. The molecule has 0 radical (unpaired) electrons. The first kappa shape index (κ1) is 27.8. The fourth-order valence-electron chi connectivity index (χ4n) is 2.82. The van der Waals surface area contributed by atoms with Crippen LogP contribution in [0.1, 0.15) is 68.6 Å². The Labute approximate surface area is 199 Å². The Morgan fingerprint density at radius 1 is 0.758 bits per heavy atom. The van der Waals surface area contributed by atoms with Gasteiger partial charge in [-0.25, -0.2) is 0 Å². The third-order valence-corrected chi connectivity index (χ3v) is 4.61. The van der Waals surface area contributed by atoms with Crippen molar-refractivity contribution in [3.05, 3.63) is 90.9 Å². The molecule has 2 N–H and O–H groups in total. The van der Waals surface area contributed by atoms with Gasteiger partial charge in [0.2, 0.25) is 5.91 Å². The molecule has 0 saturated heterocycles. The Kier molecular flexibility index (Phi) is 17.4. The smallest absolute Gasteiger partial charge is 0.251 e. The molecule has 33 heavy (non-hydrogen) atoms. The van der Waals surface area contributed by atoms with Crippen molar-refractivity contribution in [2.75, 3.05) is 13.1 Å². The first-order chi connectivity index (χ1) is 16.2. The van der Waals surface area contributed by atoms with Crippen LogP contribution in [0.4, 0.5) is 0 Å². The van der Waals surface area contributed by atoms with E-state index in [0.717, 1.165) is 44.9 Å². The maximum absolute atomic E-state index is 11.9. The van der Waals surface area contributed by atoms with Crippen molar-refractivity contribution in [2.24, 2.45) is 0 Å². The average Bonchev–Trinajstić information content (AvgIpc) is 2.84. The monoisotopic (exact) mass is 449 g/mol. The molecule has 2 amide bonds. The average molecular weight is 450 g/mol. The molecular formula is C28H39N3O2. The van der Waals surface area contributed by atoms with Crippen molar-refractivity contribution in [1.82, 2.24) is 15.6 Å². The summed E-state index contributed by atoms with van der Waals surface area (Å²) in [6, 6.07) is 3.31. The standard InChI is InChI=1S/C28H39N3O2/c1-2-3-4-5-6-7-8-9-10-11-12-13-14-15-16-17-18-19-27(32)30-24-25-31-28(33)26-20-22-29-23-21-26/h3-4,6-7,9-10,12-13,15-16,20-23H,2,5,8,11,14,17-19,24-25H2,1H3,(H,30,32)(H,31,33)/b4-3-,7-6-,10-9-,13-12-,16-15-. The first-order valence-electron chi connectivity index (χ1n) is 11.9. The molecule has 1 aromatic rings. The molecule has 0 fully saturated rings. The van der Waals surface area contributed by atoms with Gasteiger partial charge in [0, 0.05) is 37.5 Å². The molecule has 1 heterocycles. The minimum absolute atomic E-state index is 0.0144. The molecule has 0 aliphatic rings. The van der Waals surface area contributed by atoms with Crippen LogP contribution >= 0.6 is 0 Å². The highest BCUT2D eigenvalue weighted by Crippen LogP contribution is 2.00. The zero-order valence-corrected chi connectivity index (χ0v) is 19.9. The topological polar surface area (TPSA) is 71.1 Å². The summed E-state index contributed by atoms with van der Waals surface area (Å²) in [5.41, 5.74) is 0.563. The van der Waals surface area contributed by atoms with Crippen LogP contribution in [0.2, 0.25) is 0 Å². The van der Waals surface area contributed by atoms with Gasteiger partial charge in [-0.05, 0) is 57.1 Å². The molecule has 5 heteroatoms. The first-order valence-corrected chi connectivity index (χ1v) is 11.9. The van der Waals surface area contributed by atoms with Gasteiger partial charge in [-0.3, -0.25) is 14.6 Å². The summed E-state index contributed by atoms with van der Waals surface area (Å²) in [7, 11) is 0. The van der Waals surface area contributed by atoms with Crippen molar-refractivity contribution in [2.45, 2.75) is 58.3 Å². The number of rotatable bonds is 17. The zero-order valence-electron chi connectivity index (χ0n) is 19.9. The van der Waals surface area contributed by atoms with Gasteiger partial charge < -0.3 is 10.6 Å². The van der Waals surface area contributed by atoms with Crippen LogP contribution in [0, 0.1) is 0 Å². The number of amides is 2. The quantitative estimate of drug-likeness (QED) is 0.231. The molecule has 1 rings (SSSR count). The number of carbonyl (C=O) groups excluding carboxylic acids is 2. The van der Waals surface area contributed by atoms with Crippen molar-refractivity contribution in [3.63, 3.8) is 0 Å². The Morgan fingerprint density at radius 2 is 1.27 bits per heavy atom. The number of hydrogen-bond acceptors (Lipinski definition) is 3. The number of unbranched alkanes of at least 4 members (excludes halogenated alkanes) is 1. The predicted octanol–water partition coefficient (Wildman–Crippen LogP) is 5.85. The van der Waals surface area contributed by atoms with E-state index in [9.17, 15) is 9.59 Å². The minimum atomic E-state index is -0.162. The van der Waals surface area contributed by atoms with E-state index >= 15 is 0 Å². The van der Waals surface area contributed by atoms with Crippen LogP contribution in [-0.4, -0.2) is 29.9 Å². The fraction of sp³-hybridized carbons (Fsp3) is 0.393. The molecule has 0 saturated carbocycles. The summed E-state index contributed by atoms with van der Waals surface area (Å²) in [6.45, 7) is 2.98. The normalized spacial score (nSPS) is 12.0. The van der Waals surface area contributed by atoms with Crippen molar-refractivity contribution < 1.29 is 9.59 Å². The van der Waals surface area contributed by atoms with Crippen LogP contribution in [0.25, 0.3) is 0 Å². The number of nitrogens with zero attached hydrogens (tertiary/aromatic N) is 1. The van der Waals surface area contributed by atoms with Gasteiger partial charge in [0.25, 0.3) is 5.91 Å². The number of hydrogen-bond donors (Lipinski definition) is 2. The number of allylic oxidation sites excluding steroid dienone is 10. The van der Waals surface area contributed by atoms with Gasteiger partial charge in [0.05, 0.1) is 0 Å². The van der Waals surface area contributed by atoms with Gasteiger partial charge >= 0.3 is 0 Å². The van der Waals surface area contributed by atoms with Crippen LogP contribution in [-0.2, 0) is 4.79 Å². The minimum Gasteiger partial charge on any atom is -0.354 e. The number of carbonyl (C=O) groups is 2. The highest BCUT2D eigenvalue weighted by atomic mass is 16.2. The molecule has 1 aromatic heterocycles. The third kappa shape index (κ3) is 17.1. The SMILES string of the molecule is CC/C=C\C/C=C\C/C=C\C/C=C\C/C=C\CCCC(=O)NCCNC(=O)c1ccncc1. The van der Waals surface area contributed by atoms with Crippen molar-refractivity contribution in [3.8, 4) is 0 Å². The lowest BCUT2D eigenvalue weighted by atomic mass is 10.2. The van der Waals surface area contributed by atoms with Gasteiger partial charge in [-0.1, -0.05) is 67.7 Å². The summed E-state index contributed by atoms with van der Waals surface area (Å²) >= 11 is 0. The largest absolute Gasteiger partial charge is 0.354 e. The van der Waals surface area contributed by atoms with Crippen LogP contribution in [0.3, 0.4) is 0 Å². The van der Waals surface area contributed by atoms with Gasteiger partial charge in [-0.2, -0.15) is 0 Å². The lowest BCUT2D eigenvalue weighted by Crippen LogP contribution is -2.34. The van der Waals surface area contributed by atoms with Crippen molar-refractivity contribution >= 4 is 11.8 Å². The Balaban J connectivity index is 1.95. The van der Waals surface area contributed by atoms with Crippen LogP contribution < -0.4 is 10.6 Å². The number of nitrogens with one attached hydrogen (secondary N) is 2. The molecule has 0 aliphatic heterocycles. The van der Waals surface area contributed by atoms with Crippen molar-refractivity contribution in [1.29, 1.82) is 0 Å². The predicted molar refractivity (Wildman–Crippen MR) is 138 cm³/mol. The molecule has 5 nitrogen and oxygen atoms in total. The lowest BCUT2D eigenvalue weighted by Gasteiger charge is -2.06. The van der Waals surface area contributed by atoms with E-state index in [4.69, 9.17) is 0 Å². The Bertz CT molecular complexity index is 793. The Morgan fingerprint density at radius 3 is 1.85 bits per heavy atom. The summed E-state index contributed by atoms with van der Waals surface area (Å²) in [6.07, 6.45) is 32.1. The molecular weight excluding hydrogens is 410 g/mol. The number of aromatic nitrogens is 1. The summed E-state index contributed by atoms with van der Waals surface area (Å²) < 4.78 is 0. The van der Waals surface area contributed by atoms with E-state index in [1.807, 2.05) is 0 Å². The van der Waals surface area contributed by atoms with E-state index in [-0.39, 0.29) is 11.8 Å². The van der Waals surface area contributed by atoms with E-state index in [1.54, 1.807) is 24.5 Å². The van der Waals surface area contributed by atoms with Crippen LogP contribution in [0.5, 0.6) is 0 Å². The summed E-state index contributed by atoms with van der Waals surface area (Å²) in [5, 5.41) is 5.60. The summed E-state index contributed by atoms with van der Waals surface area (Å²) in [4.78, 5) is 27.6. The third-order valence-electron chi connectivity index (χ3n) is 4.61. The van der Waals surface area contributed by atoms with Gasteiger partial charge in [0.1, 0.15) is 0 Å². The van der Waals surface area contributed by atoms with E-state index < -0.39 is 0 Å². The zero-order chi connectivity index (χ0) is 23.8. The highest BCUT2D eigenvalue weighted by molar-refractivity contribution is 5.93. The lowest BCUT2D eigenvalue weighted by molar-refractivity contribution is -0.121.